The van der Waals surface area contributed by atoms with E-state index in [1.807, 2.05) is 12.1 Å². The van der Waals surface area contributed by atoms with Gasteiger partial charge in [0.15, 0.2) is 0 Å². The van der Waals surface area contributed by atoms with Crippen molar-refractivity contribution in [1.29, 1.82) is 0 Å². The molecule has 1 saturated heterocycles. The Morgan fingerprint density at radius 3 is 2.60 bits per heavy atom. The fourth-order valence-electron chi connectivity index (χ4n) is 5.72. The Morgan fingerprint density at radius 2 is 1.86 bits per heavy atom. The van der Waals surface area contributed by atoms with Crippen LogP contribution < -0.4 is 10.5 Å². The smallest absolute Gasteiger partial charge is 0.248 e. The van der Waals surface area contributed by atoms with E-state index >= 15 is 0 Å². The number of ether oxygens (including phenoxy) is 1. The lowest BCUT2D eigenvalue weighted by Gasteiger charge is -2.41. The number of carbonyl (C=O) groups is 1. The summed E-state index contributed by atoms with van der Waals surface area (Å²) in [7, 11) is 1.77. The van der Waals surface area contributed by atoms with E-state index in [1.165, 1.54) is 22.3 Å². The zero-order chi connectivity index (χ0) is 24.5. The number of hydrogen-bond acceptors (Lipinski definition) is 3. The van der Waals surface area contributed by atoms with Gasteiger partial charge in [-0.1, -0.05) is 49.4 Å². The molecule has 2 unspecified atom stereocenters. The lowest BCUT2D eigenvalue weighted by atomic mass is 9.85. The Labute approximate surface area is 207 Å². The first kappa shape index (κ1) is 23.2. The van der Waals surface area contributed by atoms with Crippen molar-refractivity contribution < 1.29 is 9.53 Å². The molecule has 0 radical (unpaired) electrons. The first-order valence-electron chi connectivity index (χ1n) is 12.4. The standard InChI is InChI=1S/C30H33N3O2/c1-4-32-16-15-23(33-17-14-21-12-13-22(30(31)34)18-26(21)33)19-27(32)29-25(10-7-11-28(29)35-3)24-9-6-5-8-20(24)2/h5-14,17-18,23,27H,4,15-16,19H2,1-3H3,(H2,31,34). The Morgan fingerprint density at radius 1 is 1.06 bits per heavy atom. The predicted octanol–water partition coefficient (Wildman–Crippen LogP) is 6.12. The third kappa shape index (κ3) is 4.21. The zero-order valence-corrected chi connectivity index (χ0v) is 20.7. The van der Waals surface area contributed by atoms with E-state index in [2.05, 4.69) is 78.0 Å². The first-order chi connectivity index (χ1) is 17.0. The van der Waals surface area contributed by atoms with Crippen LogP contribution >= 0.6 is 0 Å². The molecule has 1 aliphatic rings. The number of aromatic nitrogens is 1. The molecule has 0 bridgehead atoms. The summed E-state index contributed by atoms with van der Waals surface area (Å²) in [5, 5.41) is 1.13. The molecule has 0 aliphatic carbocycles. The maximum atomic E-state index is 11.8. The van der Waals surface area contributed by atoms with Gasteiger partial charge in [-0.05, 0) is 72.7 Å². The highest BCUT2D eigenvalue weighted by molar-refractivity contribution is 5.97. The molecule has 180 valence electrons. The van der Waals surface area contributed by atoms with Crippen LogP contribution in [0.25, 0.3) is 22.0 Å². The number of fused-ring (bicyclic) bond motifs is 1. The number of likely N-dealkylation sites (tertiary alicyclic amines) is 1. The second-order valence-corrected chi connectivity index (χ2v) is 9.42. The summed E-state index contributed by atoms with van der Waals surface area (Å²) in [6.07, 6.45) is 4.16. The SMILES string of the molecule is CCN1CCC(n2ccc3ccc(C(N)=O)cc32)CC1c1c(OC)cccc1-c1ccccc1C. The molecule has 2 N–H and O–H groups in total. The van der Waals surface area contributed by atoms with Gasteiger partial charge in [-0.25, -0.2) is 0 Å². The minimum absolute atomic E-state index is 0.210. The maximum Gasteiger partial charge on any atom is 0.248 e. The van der Waals surface area contributed by atoms with Gasteiger partial charge in [-0.2, -0.15) is 0 Å². The molecular formula is C30H33N3O2. The number of aryl methyl sites for hydroxylation is 1. The Balaban J connectivity index is 1.60. The van der Waals surface area contributed by atoms with Crippen LogP contribution in [0.2, 0.25) is 0 Å². The fourth-order valence-corrected chi connectivity index (χ4v) is 5.72. The molecule has 0 spiro atoms. The van der Waals surface area contributed by atoms with E-state index in [9.17, 15) is 4.79 Å². The normalized spacial score (nSPS) is 18.6. The van der Waals surface area contributed by atoms with Gasteiger partial charge in [0.1, 0.15) is 5.75 Å². The molecule has 5 heteroatoms. The molecule has 3 aromatic carbocycles. The molecule has 4 aromatic rings. The third-order valence-electron chi connectivity index (χ3n) is 7.55. The highest BCUT2D eigenvalue weighted by Crippen LogP contribution is 2.45. The summed E-state index contributed by atoms with van der Waals surface area (Å²) in [6, 6.07) is 23.3. The second-order valence-electron chi connectivity index (χ2n) is 9.42. The highest BCUT2D eigenvalue weighted by Gasteiger charge is 2.33. The number of amides is 1. The molecule has 2 heterocycles. The van der Waals surface area contributed by atoms with Crippen LogP contribution in [0.3, 0.4) is 0 Å². The summed E-state index contributed by atoms with van der Waals surface area (Å²) < 4.78 is 8.28. The third-order valence-corrected chi connectivity index (χ3v) is 7.55. The van der Waals surface area contributed by atoms with Crippen molar-refractivity contribution in [3.63, 3.8) is 0 Å². The molecule has 5 rings (SSSR count). The van der Waals surface area contributed by atoms with Gasteiger partial charge in [0, 0.05) is 41.5 Å². The number of methoxy groups -OCH3 is 1. The van der Waals surface area contributed by atoms with Gasteiger partial charge in [0.2, 0.25) is 5.91 Å². The van der Waals surface area contributed by atoms with Crippen LogP contribution in [0.15, 0.2) is 72.9 Å². The van der Waals surface area contributed by atoms with Gasteiger partial charge in [-0.3, -0.25) is 9.69 Å². The zero-order valence-electron chi connectivity index (χ0n) is 20.7. The molecule has 0 saturated carbocycles. The van der Waals surface area contributed by atoms with E-state index in [0.29, 0.717) is 11.6 Å². The van der Waals surface area contributed by atoms with E-state index < -0.39 is 5.91 Å². The molecule has 5 nitrogen and oxygen atoms in total. The lowest BCUT2D eigenvalue weighted by molar-refractivity contribution is 0.1000. The fraction of sp³-hybridized carbons (Fsp3) is 0.300. The van der Waals surface area contributed by atoms with Crippen molar-refractivity contribution >= 4 is 16.8 Å². The van der Waals surface area contributed by atoms with Crippen molar-refractivity contribution in [3.8, 4) is 16.9 Å². The number of primary amides is 1. The maximum absolute atomic E-state index is 11.8. The van der Waals surface area contributed by atoms with Crippen LogP contribution in [0.1, 0.15) is 53.3 Å². The largest absolute Gasteiger partial charge is 0.496 e. The second kappa shape index (κ2) is 9.59. The van der Waals surface area contributed by atoms with Gasteiger partial charge in [0.05, 0.1) is 7.11 Å². The summed E-state index contributed by atoms with van der Waals surface area (Å²) in [4.78, 5) is 14.4. The van der Waals surface area contributed by atoms with Crippen LogP contribution in [-0.2, 0) is 0 Å². The summed E-state index contributed by atoms with van der Waals surface area (Å²) in [6.45, 7) is 6.37. The van der Waals surface area contributed by atoms with Crippen molar-refractivity contribution in [2.75, 3.05) is 20.2 Å². The van der Waals surface area contributed by atoms with E-state index in [1.54, 1.807) is 13.2 Å². The number of nitrogens with two attached hydrogens (primary N) is 1. The van der Waals surface area contributed by atoms with Crippen molar-refractivity contribution in [3.05, 3.63) is 89.6 Å². The number of benzene rings is 3. The van der Waals surface area contributed by atoms with Crippen molar-refractivity contribution in [2.24, 2.45) is 5.73 Å². The molecule has 1 fully saturated rings. The van der Waals surface area contributed by atoms with E-state index in [0.717, 1.165) is 42.6 Å². The topological polar surface area (TPSA) is 60.5 Å². The van der Waals surface area contributed by atoms with E-state index in [4.69, 9.17) is 10.5 Å². The van der Waals surface area contributed by atoms with Gasteiger partial charge < -0.3 is 15.0 Å². The van der Waals surface area contributed by atoms with Crippen LogP contribution in [-0.4, -0.2) is 35.6 Å². The molecule has 1 amide bonds. The highest BCUT2D eigenvalue weighted by atomic mass is 16.5. The summed E-state index contributed by atoms with van der Waals surface area (Å²) >= 11 is 0. The average Bonchev–Trinajstić information content (AvgIpc) is 3.31. The van der Waals surface area contributed by atoms with Gasteiger partial charge in [-0.15, -0.1) is 0 Å². The minimum Gasteiger partial charge on any atom is -0.496 e. The molecule has 1 aromatic heterocycles. The van der Waals surface area contributed by atoms with Crippen LogP contribution in [0.5, 0.6) is 5.75 Å². The van der Waals surface area contributed by atoms with Gasteiger partial charge in [0.25, 0.3) is 0 Å². The molecule has 35 heavy (non-hydrogen) atoms. The lowest BCUT2D eigenvalue weighted by Crippen LogP contribution is -2.37. The Kier molecular flexibility index (Phi) is 6.35. The Bertz CT molecular complexity index is 1370. The van der Waals surface area contributed by atoms with Crippen molar-refractivity contribution in [2.45, 2.75) is 38.8 Å². The number of hydrogen-bond donors (Lipinski definition) is 1. The monoisotopic (exact) mass is 467 g/mol. The number of carbonyl (C=O) groups excluding carboxylic acids is 1. The Hall–Kier alpha value is -3.57. The molecule has 1 aliphatic heterocycles. The summed E-state index contributed by atoms with van der Waals surface area (Å²) in [5.74, 6) is 0.540. The quantitative estimate of drug-likeness (QED) is 0.371. The molecule has 2 atom stereocenters. The predicted molar refractivity (Wildman–Crippen MR) is 142 cm³/mol. The van der Waals surface area contributed by atoms with Crippen LogP contribution in [0.4, 0.5) is 0 Å². The first-order valence-corrected chi connectivity index (χ1v) is 12.4. The summed E-state index contributed by atoms with van der Waals surface area (Å²) in [5.41, 5.74) is 12.2. The average molecular weight is 468 g/mol. The number of nitrogens with zero attached hydrogens (tertiary/aromatic N) is 2. The number of rotatable bonds is 6. The van der Waals surface area contributed by atoms with Crippen LogP contribution in [0, 0.1) is 6.92 Å². The van der Waals surface area contributed by atoms with E-state index in [-0.39, 0.29) is 6.04 Å². The number of piperidine rings is 1. The molecular weight excluding hydrogens is 434 g/mol. The van der Waals surface area contributed by atoms with Gasteiger partial charge >= 0.3 is 0 Å². The van der Waals surface area contributed by atoms with Crippen molar-refractivity contribution in [1.82, 2.24) is 9.47 Å². The minimum atomic E-state index is -0.393.